The van der Waals surface area contributed by atoms with E-state index in [4.69, 9.17) is 5.11 Å². The fourth-order valence-electron chi connectivity index (χ4n) is 0.728. The zero-order valence-corrected chi connectivity index (χ0v) is 5.20. The second-order valence-corrected chi connectivity index (χ2v) is 2.00. The molecule has 0 unspecified atom stereocenters. The van der Waals surface area contributed by atoms with E-state index >= 15 is 0 Å². The first-order valence-corrected chi connectivity index (χ1v) is 3.06. The van der Waals surface area contributed by atoms with E-state index < -0.39 is 0 Å². The molecule has 0 radical (unpaired) electrons. The molecule has 48 valence electrons. The first kappa shape index (κ1) is 6.30. The van der Waals surface area contributed by atoms with Crippen LogP contribution in [0.4, 0.5) is 0 Å². The Morgan fingerprint density at radius 2 is 1.56 bits per heavy atom. The van der Waals surface area contributed by atoms with Crippen LogP contribution in [0.5, 0.6) is 0 Å². The van der Waals surface area contributed by atoms with E-state index in [-0.39, 0.29) is 12.5 Å². The summed E-state index contributed by atoms with van der Waals surface area (Å²) in [5.74, 6) is 0.208. The van der Waals surface area contributed by atoms with Gasteiger partial charge in [-0.2, -0.15) is 0 Å². The van der Waals surface area contributed by atoms with Crippen molar-refractivity contribution in [2.24, 2.45) is 5.92 Å². The molecule has 0 atom stereocenters. The van der Waals surface area contributed by atoms with Crippen molar-refractivity contribution in [1.29, 1.82) is 0 Å². The van der Waals surface area contributed by atoms with Gasteiger partial charge in [-0.05, 0) is 0 Å². The number of aliphatic hydroxyl groups is 1. The van der Waals surface area contributed by atoms with Crippen molar-refractivity contribution in [3.8, 4) is 0 Å². The molecule has 1 nitrogen and oxygen atoms in total. The zero-order valence-electron chi connectivity index (χ0n) is 5.20. The lowest BCUT2D eigenvalue weighted by atomic mass is 10.1. The molecule has 0 amide bonds. The summed E-state index contributed by atoms with van der Waals surface area (Å²) < 4.78 is 0. The molecule has 0 bridgehead atoms. The summed E-state index contributed by atoms with van der Waals surface area (Å²) in [6.07, 6.45) is 11.7. The lowest BCUT2D eigenvalue weighted by Crippen LogP contribution is -1.96. The van der Waals surface area contributed by atoms with Crippen LogP contribution in [0.25, 0.3) is 0 Å². The number of hydrogen-bond donors (Lipinski definition) is 1. The van der Waals surface area contributed by atoms with Gasteiger partial charge >= 0.3 is 0 Å². The summed E-state index contributed by atoms with van der Waals surface area (Å²) in [5.41, 5.74) is 0. The first-order valence-electron chi connectivity index (χ1n) is 3.06. The Kier molecular flexibility index (Phi) is 2.28. The molecule has 0 aromatic heterocycles. The van der Waals surface area contributed by atoms with Crippen LogP contribution in [-0.2, 0) is 0 Å². The molecule has 0 heterocycles. The molecular weight excluding hydrogens is 112 g/mol. The monoisotopic (exact) mass is 122 g/mol. The molecular formula is C8H10O. The van der Waals surface area contributed by atoms with Crippen molar-refractivity contribution >= 4 is 0 Å². The SMILES string of the molecule is OCC1C=CC=CC=C1. The van der Waals surface area contributed by atoms with Gasteiger partial charge in [0.15, 0.2) is 0 Å². The fourth-order valence-corrected chi connectivity index (χ4v) is 0.728. The highest BCUT2D eigenvalue weighted by Crippen LogP contribution is 2.03. The highest BCUT2D eigenvalue weighted by atomic mass is 16.3. The summed E-state index contributed by atoms with van der Waals surface area (Å²) in [6.45, 7) is 0.203. The van der Waals surface area contributed by atoms with Gasteiger partial charge in [-0.1, -0.05) is 36.5 Å². The average Bonchev–Trinajstić information content (AvgIpc) is 2.13. The third-order valence-corrected chi connectivity index (χ3v) is 1.26. The number of aliphatic hydroxyl groups excluding tert-OH is 1. The number of hydrogen-bond acceptors (Lipinski definition) is 1. The highest BCUT2D eigenvalue weighted by Gasteiger charge is 1.95. The third kappa shape index (κ3) is 1.86. The second kappa shape index (κ2) is 3.25. The lowest BCUT2D eigenvalue weighted by molar-refractivity contribution is 0.274. The maximum atomic E-state index is 8.69. The molecule has 0 aromatic rings. The minimum atomic E-state index is 0.203. The molecule has 1 N–H and O–H groups in total. The Morgan fingerprint density at radius 3 is 2.00 bits per heavy atom. The minimum absolute atomic E-state index is 0.203. The summed E-state index contributed by atoms with van der Waals surface area (Å²) >= 11 is 0. The molecule has 1 rings (SSSR count). The molecule has 0 spiro atoms. The van der Waals surface area contributed by atoms with Crippen molar-refractivity contribution in [2.45, 2.75) is 0 Å². The van der Waals surface area contributed by atoms with E-state index in [1.54, 1.807) is 0 Å². The van der Waals surface area contributed by atoms with Crippen LogP contribution < -0.4 is 0 Å². The molecule has 0 aliphatic heterocycles. The maximum Gasteiger partial charge on any atom is 0.0528 e. The van der Waals surface area contributed by atoms with Crippen molar-refractivity contribution in [3.05, 3.63) is 36.5 Å². The topological polar surface area (TPSA) is 20.2 Å². The van der Waals surface area contributed by atoms with Crippen molar-refractivity contribution in [3.63, 3.8) is 0 Å². The fraction of sp³-hybridized carbons (Fsp3) is 0.250. The molecule has 1 aliphatic carbocycles. The van der Waals surface area contributed by atoms with Gasteiger partial charge < -0.3 is 5.11 Å². The Labute approximate surface area is 55.0 Å². The van der Waals surface area contributed by atoms with E-state index in [9.17, 15) is 0 Å². The van der Waals surface area contributed by atoms with Crippen LogP contribution in [-0.4, -0.2) is 11.7 Å². The highest BCUT2D eigenvalue weighted by molar-refractivity contribution is 5.19. The Balaban J connectivity index is 2.58. The van der Waals surface area contributed by atoms with Gasteiger partial charge in [0.25, 0.3) is 0 Å². The smallest absolute Gasteiger partial charge is 0.0528 e. The average molecular weight is 122 g/mol. The van der Waals surface area contributed by atoms with Crippen LogP contribution in [0.15, 0.2) is 36.5 Å². The lowest BCUT2D eigenvalue weighted by Gasteiger charge is -1.97. The summed E-state index contributed by atoms with van der Waals surface area (Å²) in [4.78, 5) is 0. The van der Waals surface area contributed by atoms with E-state index in [1.165, 1.54) is 0 Å². The van der Waals surface area contributed by atoms with Gasteiger partial charge in [-0.15, -0.1) is 0 Å². The van der Waals surface area contributed by atoms with Gasteiger partial charge in [-0.25, -0.2) is 0 Å². The first-order chi connectivity index (χ1) is 4.43. The Bertz CT molecular complexity index is 138. The molecule has 1 heteroatoms. The largest absolute Gasteiger partial charge is 0.395 e. The van der Waals surface area contributed by atoms with Gasteiger partial charge in [-0.3, -0.25) is 0 Å². The summed E-state index contributed by atoms with van der Waals surface area (Å²) in [6, 6.07) is 0. The third-order valence-electron chi connectivity index (χ3n) is 1.26. The van der Waals surface area contributed by atoms with Crippen LogP contribution in [0.1, 0.15) is 0 Å². The van der Waals surface area contributed by atoms with Gasteiger partial charge in [0, 0.05) is 5.92 Å². The predicted octanol–water partition coefficient (Wildman–Crippen LogP) is 1.28. The zero-order chi connectivity index (χ0) is 6.53. The molecule has 0 saturated heterocycles. The molecule has 1 aliphatic rings. The Morgan fingerprint density at radius 1 is 1.00 bits per heavy atom. The van der Waals surface area contributed by atoms with Gasteiger partial charge in [0.1, 0.15) is 0 Å². The van der Waals surface area contributed by atoms with Crippen LogP contribution in [0, 0.1) is 5.92 Å². The van der Waals surface area contributed by atoms with Crippen molar-refractivity contribution < 1.29 is 5.11 Å². The molecule has 0 saturated carbocycles. The van der Waals surface area contributed by atoms with E-state index in [0.717, 1.165) is 0 Å². The predicted molar refractivity (Wildman–Crippen MR) is 38.0 cm³/mol. The molecule has 9 heavy (non-hydrogen) atoms. The van der Waals surface area contributed by atoms with Gasteiger partial charge in [0.05, 0.1) is 6.61 Å². The van der Waals surface area contributed by atoms with Crippen LogP contribution in [0.3, 0.4) is 0 Å². The van der Waals surface area contributed by atoms with E-state index in [2.05, 4.69) is 0 Å². The van der Waals surface area contributed by atoms with Gasteiger partial charge in [0.2, 0.25) is 0 Å². The van der Waals surface area contributed by atoms with Crippen molar-refractivity contribution in [1.82, 2.24) is 0 Å². The minimum Gasteiger partial charge on any atom is -0.395 e. The van der Waals surface area contributed by atoms with E-state index in [1.807, 2.05) is 36.5 Å². The van der Waals surface area contributed by atoms with Crippen LogP contribution in [0.2, 0.25) is 0 Å². The van der Waals surface area contributed by atoms with Crippen molar-refractivity contribution in [2.75, 3.05) is 6.61 Å². The maximum absolute atomic E-state index is 8.69. The summed E-state index contributed by atoms with van der Waals surface area (Å²) in [5, 5.41) is 8.69. The normalized spacial score (nSPS) is 18.3. The standard InChI is InChI=1S/C8H10O/c9-7-8-5-3-1-2-4-6-8/h1-6,8-9H,7H2. The second-order valence-electron chi connectivity index (χ2n) is 2.00. The molecule has 0 aromatic carbocycles. The van der Waals surface area contributed by atoms with Crippen LogP contribution >= 0.6 is 0 Å². The van der Waals surface area contributed by atoms with E-state index in [0.29, 0.717) is 0 Å². The quantitative estimate of drug-likeness (QED) is 0.555. The molecule has 0 fully saturated rings. The Hall–Kier alpha value is -0.820. The summed E-state index contributed by atoms with van der Waals surface area (Å²) in [7, 11) is 0. The number of allylic oxidation sites excluding steroid dienone is 4. The number of rotatable bonds is 1.